The van der Waals surface area contributed by atoms with Crippen LogP contribution in [-0.2, 0) is 0 Å². The highest BCUT2D eigenvalue weighted by atomic mass is 14.9. The lowest BCUT2D eigenvalue weighted by Gasteiger charge is -2.39. The molecule has 5 atom stereocenters. The molecule has 1 heterocycles. The first-order valence-electron chi connectivity index (χ1n) is 20.1. The van der Waals surface area contributed by atoms with E-state index in [0.29, 0.717) is 12.0 Å². The monoisotopic (exact) mass is 640 g/mol. The quantitative estimate of drug-likeness (QED) is 0.271. The Hall–Kier alpha value is -2.68. The Labute approximate surface area is 291 Å². The van der Waals surface area contributed by atoms with E-state index < -0.39 is 0 Å². The van der Waals surface area contributed by atoms with Crippen molar-refractivity contribution in [2.75, 3.05) is 19.6 Å². The van der Waals surface area contributed by atoms with Crippen LogP contribution < -0.4 is 10.6 Å². The number of hydrogen-bond donors (Lipinski definition) is 2. The van der Waals surface area contributed by atoms with E-state index in [2.05, 4.69) is 78.3 Å². The molecule has 2 nitrogen and oxygen atoms in total. The fraction of sp³-hybridized carbons (Fsp3) is 0.565. The molecule has 48 heavy (non-hydrogen) atoms. The predicted molar refractivity (Wildman–Crippen MR) is 204 cm³/mol. The first kappa shape index (κ1) is 32.5. The summed E-state index contributed by atoms with van der Waals surface area (Å²) in [6, 6.07) is 0.522. The minimum absolute atomic E-state index is 0.522. The summed E-state index contributed by atoms with van der Waals surface area (Å²) in [5.41, 5.74) is 16.2. The molecule has 1 aliphatic heterocycles. The van der Waals surface area contributed by atoms with E-state index in [0.717, 1.165) is 24.3 Å². The highest BCUT2D eigenvalue weighted by Crippen LogP contribution is 2.43. The zero-order valence-corrected chi connectivity index (χ0v) is 29.8. The number of hydrogen-bond acceptors (Lipinski definition) is 2. The van der Waals surface area contributed by atoms with Crippen molar-refractivity contribution in [1.82, 2.24) is 10.6 Å². The molecular weight excluding hydrogens is 581 g/mol. The van der Waals surface area contributed by atoms with E-state index in [4.69, 9.17) is 0 Å². The molecule has 254 valence electrons. The summed E-state index contributed by atoms with van der Waals surface area (Å²) in [4.78, 5) is 0. The minimum Gasteiger partial charge on any atom is -0.316 e. The van der Waals surface area contributed by atoms with Crippen LogP contribution in [0, 0.1) is 23.7 Å². The van der Waals surface area contributed by atoms with E-state index >= 15 is 0 Å². The molecule has 0 bridgehead atoms. The van der Waals surface area contributed by atoms with Crippen LogP contribution in [-0.4, -0.2) is 25.7 Å². The van der Waals surface area contributed by atoms with E-state index in [1.165, 1.54) is 122 Å². The normalized spacial score (nSPS) is 34.1. The van der Waals surface area contributed by atoms with Crippen LogP contribution in [0.4, 0.5) is 0 Å². The molecule has 2 heteroatoms. The van der Waals surface area contributed by atoms with Gasteiger partial charge in [-0.05, 0) is 178 Å². The summed E-state index contributed by atoms with van der Waals surface area (Å²) >= 11 is 0. The largest absolute Gasteiger partial charge is 0.316 e. The lowest BCUT2D eigenvalue weighted by molar-refractivity contribution is 0.194. The van der Waals surface area contributed by atoms with E-state index in [1.54, 1.807) is 55.7 Å². The minimum atomic E-state index is 0.522. The number of fused-ring (bicyclic) bond motifs is 1. The molecule has 0 spiro atoms. The van der Waals surface area contributed by atoms with Gasteiger partial charge in [-0.2, -0.15) is 0 Å². The first-order chi connectivity index (χ1) is 23.7. The maximum atomic E-state index is 4.21. The molecule has 0 amide bonds. The van der Waals surface area contributed by atoms with Gasteiger partial charge in [0.1, 0.15) is 0 Å². The lowest BCUT2D eigenvalue weighted by atomic mass is 9.71. The first-order valence-corrected chi connectivity index (χ1v) is 20.1. The smallest absolute Gasteiger partial charge is 0.0284 e. The number of rotatable bonds is 7. The van der Waals surface area contributed by atoms with E-state index in [9.17, 15) is 0 Å². The van der Waals surface area contributed by atoms with Gasteiger partial charge in [0, 0.05) is 19.1 Å². The Morgan fingerprint density at radius 3 is 2.56 bits per heavy atom. The molecule has 8 aliphatic rings. The van der Waals surface area contributed by atoms with E-state index in [1.807, 2.05) is 0 Å². The molecule has 2 fully saturated rings. The van der Waals surface area contributed by atoms with Gasteiger partial charge in [0.05, 0.1) is 0 Å². The third-order valence-electron chi connectivity index (χ3n) is 13.6. The van der Waals surface area contributed by atoms with Crippen molar-refractivity contribution in [3.05, 3.63) is 116 Å². The number of nitrogens with one attached hydrogen (secondary N) is 2. The Morgan fingerprint density at radius 1 is 0.812 bits per heavy atom. The summed E-state index contributed by atoms with van der Waals surface area (Å²) in [6.07, 6.45) is 46.7. The van der Waals surface area contributed by atoms with Crippen molar-refractivity contribution in [3.63, 3.8) is 0 Å². The lowest BCUT2D eigenvalue weighted by Crippen LogP contribution is -2.42. The molecule has 0 radical (unpaired) electrons. The molecule has 7 aliphatic carbocycles. The molecule has 0 aromatic heterocycles. The van der Waals surface area contributed by atoms with Gasteiger partial charge in [-0.3, -0.25) is 0 Å². The summed E-state index contributed by atoms with van der Waals surface area (Å²) in [5.74, 6) is 3.16. The van der Waals surface area contributed by atoms with Crippen LogP contribution in [0.5, 0.6) is 0 Å². The second-order valence-corrected chi connectivity index (χ2v) is 16.3. The van der Waals surface area contributed by atoms with Crippen molar-refractivity contribution in [3.8, 4) is 0 Å². The third kappa shape index (κ3) is 6.99. The van der Waals surface area contributed by atoms with Crippen molar-refractivity contribution in [2.24, 2.45) is 23.7 Å². The molecular formula is C46H60N2. The van der Waals surface area contributed by atoms with Gasteiger partial charge >= 0.3 is 0 Å². The molecule has 0 aromatic rings. The Balaban J connectivity index is 1.10. The number of allylic oxidation sites excluding steroid dienone is 16. The highest BCUT2D eigenvalue weighted by molar-refractivity contribution is 5.57. The van der Waals surface area contributed by atoms with Gasteiger partial charge < -0.3 is 10.6 Å². The molecule has 8 rings (SSSR count). The third-order valence-corrected chi connectivity index (χ3v) is 13.6. The average molecular weight is 641 g/mol. The maximum absolute atomic E-state index is 4.21. The van der Waals surface area contributed by atoms with Gasteiger partial charge in [0.15, 0.2) is 0 Å². The van der Waals surface area contributed by atoms with Crippen LogP contribution in [0.1, 0.15) is 116 Å². The van der Waals surface area contributed by atoms with Crippen molar-refractivity contribution in [1.29, 1.82) is 0 Å². The molecule has 0 aromatic carbocycles. The molecule has 1 saturated carbocycles. The Bertz CT molecular complexity index is 1550. The summed E-state index contributed by atoms with van der Waals surface area (Å²) < 4.78 is 0. The van der Waals surface area contributed by atoms with Gasteiger partial charge in [-0.25, -0.2) is 0 Å². The van der Waals surface area contributed by atoms with Gasteiger partial charge in [-0.1, -0.05) is 84.7 Å². The summed E-state index contributed by atoms with van der Waals surface area (Å²) in [7, 11) is 0. The van der Waals surface area contributed by atoms with Gasteiger partial charge in [-0.15, -0.1) is 0 Å². The standard InChI is InChI=1S/C46H60N2/c1-32(33-17-19-36(20-18-33)41-27-28-47-30-41)42-13-6-7-15-44(42)45(31-48-46-16-8-12-37-10-4-5-14-43(37)46)38-24-21-35(22-25-38)40-26-23-34-9-2-3-11-39(34)29-40/h2,6,8-9,13,16,19,21,24,29,33,37,41,43,46-48H,3-5,7,10-12,14-15,17-18,20,22-23,25-28,30-31H2,1H3/b42-32+,45-44+. The SMILES string of the molecule is C/C(=C1/C=CCC/C1=C(/CNC1C=CCC2CCCCC21)C1=CC=C(C2=CC3=C(C=CCC3)CC2)CC1)C1CC=C(C2CCNC2)CC1. The highest BCUT2D eigenvalue weighted by Gasteiger charge is 2.33. The second kappa shape index (κ2) is 15.1. The zero-order valence-electron chi connectivity index (χ0n) is 29.8. The summed E-state index contributed by atoms with van der Waals surface area (Å²) in [5, 5.41) is 7.80. The van der Waals surface area contributed by atoms with Crippen molar-refractivity contribution in [2.45, 2.75) is 122 Å². The van der Waals surface area contributed by atoms with Crippen LogP contribution in [0.15, 0.2) is 116 Å². The van der Waals surface area contributed by atoms with Crippen molar-refractivity contribution < 1.29 is 0 Å². The Kier molecular flexibility index (Phi) is 10.2. The van der Waals surface area contributed by atoms with Gasteiger partial charge in [0.25, 0.3) is 0 Å². The van der Waals surface area contributed by atoms with E-state index in [-0.39, 0.29) is 0 Å². The molecule has 1 saturated heterocycles. The van der Waals surface area contributed by atoms with Crippen LogP contribution >= 0.6 is 0 Å². The van der Waals surface area contributed by atoms with Crippen LogP contribution in [0.2, 0.25) is 0 Å². The average Bonchev–Trinajstić information content (AvgIpc) is 3.71. The van der Waals surface area contributed by atoms with Crippen molar-refractivity contribution >= 4 is 0 Å². The fourth-order valence-corrected chi connectivity index (χ4v) is 10.7. The maximum Gasteiger partial charge on any atom is 0.0284 e. The second-order valence-electron chi connectivity index (χ2n) is 16.3. The van der Waals surface area contributed by atoms with Crippen LogP contribution in [0.3, 0.4) is 0 Å². The Morgan fingerprint density at radius 2 is 1.71 bits per heavy atom. The van der Waals surface area contributed by atoms with Crippen LogP contribution in [0.25, 0.3) is 0 Å². The molecule has 5 unspecified atom stereocenters. The van der Waals surface area contributed by atoms with Gasteiger partial charge in [0.2, 0.25) is 0 Å². The summed E-state index contributed by atoms with van der Waals surface area (Å²) in [6.45, 7) is 5.88. The predicted octanol–water partition coefficient (Wildman–Crippen LogP) is 11.0. The fourth-order valence-electron chi connectivity index (χ4n) is 10.7. The topological polar surface area (TPSA) is 24.1 Å². The molecule has 2 N–H and O–H groups in total. The zero-order chi connectivity index (χ0) is 32.3.